The van der Waals surface area contributed by atoms with Gasteiger partial charge in [-0.05, 0) is 25.1 Å². The predicted molar refractivity (Wildman–Crippen MR) is 69.7 cm³/mol. The number of anilines is 1. The fourth-order valence-corrected chi connectivity index (χ4v) is 1.70. The van der Waals surface area contributed by atoms with Crippen molar-refractivity contribution in [3.05, 3.63) is 47.7 Å². The van der Waals surface area contributed by atoms with Gasteiger partial charge < -0.3 is 9.84 Å². The molecule has 0 saturated carbocycles. The molecule has 4 heteroatoms. The van der Waals surface area contributed by atoms with Gasteiger partial charge in [0.05, 0.1) is 12.8 Å². The average Bonchev–Trinajstić information content (AvgIpc) is 2.37. The Morgan fingerprint density at radius 2 is 2.11 bits per heavy atom. The highest BCUT2D eigenvalue weighted by molar-refractivity contribution is 5.41. The minimum absolute atomic E-state index is 0.231. The van der Waals surface area contributed by atoms with Crippen molar-refractivity contribution in [3.8, 4) is 11.5 Å². The fourth-order valence-electron chi connectivity index (χ4n) is 1.70. The Kier molecular flexibility index (Phi) is 3.67. The molecule has 0 saturated heterocycles. The Morgan fingerprint density at radius 3 is 2.78 bits per heavy atom. The maximum absolute atomic E-state index is 9.82. The molecule has 4 nitrogen and oxygen atoms in total. The molecule has 1 aromatic carbocycles. The summed E-state index contributed by atoms with van der Waals surface area (Å²) in [4.78, 5) is 3.20. The number of phenols is 1. The van der Waals surface area contributed by atoms with Gasteiger partial charge in [0.2, 0.25) is 0 Å². The number of rotatable bonds is 4. The number of phenolic OH excluding ortho intramolecular Hbond substituents is 1. The number of H-pyrrole nitrogens is 1. The van der Waals surface area contributed by atoms with Crippen LogP contribution in [-0.2, 0) is 6.54 Å². The quantitative estimate of drug-likeness (QED) is 0.867. The van der Waals surface area contributed by atoms with E-state index in [1.807, 2.05) is 37.3 Å². The maximum atomic E-state index is 9.82. The molecule has 0 fully saturated rings. The van der Waals surface area contributed by atoms with Crippen molar-refractivity contribution >= 4 is 5.82 Å². The molecule has 0 unspecified atom stereocenters. The number of benzene rings is 1. The molecule has 0 amide bonds. The number of ether oxygens (including phenoxy) is 1. The molecule has 3 N–H and O–H groups in total. The summed E-state index contributed by atoms with van der Waals surface area (Å²) in [5, 5.41) is 13.0. The van der Waals surface area contributed by atoms with Crippen molar-refractivity contribution in [2.24, 2.45) is 0 Å². The highest BCUT2D eigenvalue weighted by atomic mass is 16.5. The van der Waals surface area contributed by atoms with Crippen molar-refractivity contribution < 1.29 is 14.8 Å². The van der Waals surface area contributed by atoms with E-state index in [0.717, 1.165) is 17.1 Å². The van der Waals surface area contributed by atoms with Crippen LogP contribution >= 0.6 is 0 Å². The number of aromatic hydroxyl groups is 1. The lowest BCUT2D eigenvalue weighted by Gasteiger charge is -2.05. The number of hydrogen-bond acceptors (Lipinski definition) is 3. The third kappa shape index (κ3) is 2.91. The van der Waals surface area contributed by atoms with Gasteiger partial charge in [0.1, 0.15) is 18.0 Å². The summed E-state index contributed by atoms with van der Waals surface area (Å²) in [5.41, 5.74) is 1.91. The summed E-state index contributed by atoms with van der Waals surface area (Å²) in [6.45, 7) is 2.55. The Bertz CT molecular complexity index is 541. The minimum atomic E-state index is 0.231. The van der Waals surface area contributed by atoms with Crippen LogP contribution in [0.1, 0.15) is 11.3 Å². The van der Waals surface area contributed by atoms with E-state index in [9.17, 15) is 5.11 Å². The molecule has 0 atom stereocenters. The Labute approximate surface area is 106 Å². The zero-order valence-electron chi connectivity index (χ0n) is 10.5. The fraction of sp³-hybridized carbons (Fsp3) is 0.214. The summed E-state index contributed by atoms with van der Waals surface area (Å²) in [6.07, 6.45) is 0. The van der Waals surface area contributed by atoms with Gasteiger partial charge in [-0.2, -0.15) is 0 Å². The molecule has 0 radical (unpaired) electrons. The molecule has 94 valence electrons. The van der Waals surface area contributed by atoms with E-state index in [1.165, 1.54) is 0 Å². The average molecular weight is 245 g/mol. The van der Waals surface area contributed by atoms with Crippen LogP contribution in [0.4, 0.5) is 5.82 Å². The highest BCUT2D eigenvalue weighted by Gasteiger charge is 2.06. The van der Waals surface area contributed by atoms with E-state index in [0.29, 0.717) is 12.3 Å². The zero-order valence-corrected chi connectivity index (χ0v) is 10.5. The van der Waals surface area contributed by atoms with E-state index >= 15 is 0 Å². The third-order valence-electron chi connectivity index (χ3n) is 2.70. The van der Waals surface area contributed by atoms with Crippen molar-refractivity contribution in [2.45, 2.75) is 13.5 Å². The summed E-state index contributed by atoms with van der Waals surface area (Å²) in [5.74, 6) is 1.80. The topological polar surface area (TPSA) is 55.6 Å². The summed E-state index contributed by atoms with van der Waals surface area (Å²) in [7, 11) is 1.58. The first-order valence-corrected chi connectivity index (χ1v) is 5.78. The first-order chi connectivity index (χ1) is 8.69. The molecule has 0 aliphatic rings. The number of nitrogens with one attached hydrogen (secondary N) is 2. The molecule has 1 heterocycles. The molecule has 18 heavy (non-hydrogen) atoms. The Hall–Kier alpha value is -2.23. The largest absolute Gasteiger partial charge is 0.507 e. The SMILES string of the molecule is COc1ccc(CNc2cccc(C)[nH+]2)c(O)c1. The number of pyridine rings is 1. The van der Waals surface area contributed by atoms with Gasteiger partial charge in [-0.25, -0.2) is 4.98 Å². The van der Waals surface area contributed by atoms with Crippen molar-refractivity contribution in [1.82, 2.24) is 0 Å². The standard InChI is InChI=1S/C14H16N2O2/c1-10-4-3-5-14(16-10)15-9-11-6-7-12(18-2)8-13(11)17/h3-8,17H,9H2,1-2H3,(H,15,16)/p+1. The second kappa shape index (κ2) is 5.40. The molecule has 0 bridgehead atoms. The van der Waals surface area contributed by atoms with Crippen LogP contribution in [0.25, 0.3) is 0 Å². The predicted octanol–water partition coefficient (Wildman–Crippen LogP) is 2.14. The van der Waals surface area contributed by atoms with Crippen LogP contribution in [0.15, 0.2) is 36.4 Å². The van der Waals surface area contributed by atoms with Gasteiger partial charge >= 0.3 is 0 Å². The van der Waals surface area contributed by atoms with E-state index in [1.54, 1.807) is 13.2 Å². The monoisotopic (exact) mass is 245 g/mol. The molecular weight excluding hydrogens is 228 g/mol. The van der Waals surface area contributed by atoms with Crippen molar-refractivity contribution in [2.75, 3.05) is 12.4 Å². The second-order valence-corrected chi connectivity index (χ2v) is 4.10. The second-order valence-electron chi connectivity index (χ2n) is 4.10. The smallest absolute Gasteiger partial charge is 0.272 e. The molecule has 0 aliphatic carbocycles. The molecular formula is C14H17N2O2+. The van der Waals surface area contributed by atoms with Crippen LogP contribution in [0.3, 0.4) is 0 Å². The maximum Gasteiger partial charge on any atom is 0.272 e. The van der Waals surface area contributed by atoms with Crippen LogP contribution in [0, 0.1) is 6.92 Å². The van der Waals surface area contributed by atoms with Crippen LogP contribution in [0.5, 0.6) is 11.5 Å². The Balaban J connectivity index is 2.06. The lowest BCUT2D eigenvalue weighted by molar-refractivity contribution is -0.371. The van der Waals surface area contributed by atoms with Gasteiger partial charge in [-0.1, -0.05) is 6.07 Å². The van der Waals surface area contributed by atoms with Crippen LogP contribution < -0.4 is 15.0 Å². The van der Waals surface area contributed by atoms with Gasteiger partial charge in [-0.15, -0.1) is 0 Å². The minimum Gasteiger partial charge on any atom is -0.507 e. The number of aromatic nitrogens is 1. The van der Waals surface area contributed by atoms with E-state index in [4.69, 9.17) is 4.74 Å². The molecule has 2 rings (SSSR count). The molecule has 0 spiro atoms. The molecule has 0 aliphatic heterocycles. The first kappa shape index (κ1) is 12.2. The van der Waals surface area contributed by atoms with Crippen LogP contribution in [0.2, 0.25) is 0 Å². The normalized spacial score (nSPS) is 10.1. The first-order valence-electron chi connectivity index (χ1n) is 5.78. The molecule has 1 aromatic heterocycles. The number of aromatic amines is 1. The van der Waals surface area contributed by atoms with E-state index in [-0.39, 0.29) is 5.75 Å². The van der Waals surface area contributed by atoms with E-state index < -0.39 is 0 Å². The number of aryl methyl sites for hydroxylation is 1. The zero-order chi connectivity index (χ0) is 13.0. The summed E-state index contributed by atoms with van der Waals surface area (Å²) in [6, 6.07) is 11.2. The number of hydrogen-bond donors (Lipinski definition) is 2. The lowest BCUT2D eigenvalue weighted by atomic mass is 10.2. The van der Waals surface area contributed by atoms with Crippen molar-refractivity contribution in [3.63, 3.8) is 0 Å². The van der Waals surface area contributed by atoms with Gasteiger partial charge in [0.25, 0.3) is 5.82 Å². The number of methoxy groups -OCH3 is 1. The highest BCUT2D eigenvalue weighted by Crippen LogP contribution is 2.23. The van der Waals surface area contributed by atoms with E-state index in [2.05, 4.69) is 10.3 Å². The summed E-state index contributed by atoms with van der Waals surface area (Å²) >= 11 is 0. The third-order valence-corrected chi connectivity index (χ3v) is 2.70. The van der Waals surface area contributed by atoms with Gasteiger partial charge in [0, 0.05) is 17.7 Å². The van der Waals surface area contributed by atoms with Gasteiger partial charge in [0.15, 0.2) is 0 Å². The van der Waals surface area contributed by atoms with Gasteiger partial charge in [-0.3, -0.25) is 5.32 Å². The summed E-state index contributed by atoms with van der Waals surface area (Å²) < 4.78 is 5.04. The molecule has 2 aromatic rings. The van der Waals surface area contributed by atoms with Crippen molar-refractivity contribution in [1.29, 1.82) is 0 Å². The lowest BCUT2D eigenvalue weighted by Crippen LogP contribution is -2.15. The Morgan fingerprint density at radius 1 is 1.28 bits per heavy atom. The van der Waals surface area contributed by atoms with Crippen LogP contribution in [-0.4, -0.2) is 12.2 Å².